The highest BCUT2D eigenvalue weighted by Crippen LogP contribution is 2.15. The summed E-state index contributed by atoms with van der Waals surface area (Å²) in [5, 5.41) is 25.4. The van der Waals surface area contributed by atoms with E-state index in [-0.39, 0.29) is 18.8 Å². The molecule has 0 saturated carbocycles. The van der Waals surface area contributed by atoms with Crippen LogP contribution in [0.25, 0.3) is 0 Å². The quantitative estimate of drug-likeness (QED) is 0.552. The van der Waals surface area contributed by atoms with Crippen LogP contribution in [0.4, 0.5) is 0 Å². The van der Waals surface area contributed by atoms with E-state index in [2.05, 4.69) is 12.6 Å². The minimum absolute atomic E-state index is 0.140. The summed E-state index contributed by atoms with van der Waals surface area (Å²) in [7, 11) is 0. The Balaban J connectivity index is 0.00000113. The molecule has 144 valence electrons. The second-order valence-corrected chi connectivity index (χ2v) is 5.12. The van der Waals surface area contributed by atoms with Gasteiger partial charge in [-0.15, -0.1) is 0 Å². The molecule has 3 N–H and O–H groups in total. The summed E-state index contributed by atoms with van der Waals surface area (Å²) in [4.78, 5) is 10.5. The number of aryl methyl sites for hydroxylation is 1. The van der Waals surface area contributed by atoms with Crippen molar-refractivity contribution in [3.8, 4) is 11.5 Å². The molecule has 0 radical (unpaired) electrons. The van der Waals surface area contributed by atoms with Crippen LogP contribution in [0.3, 0.4) is 0 Å². The third-order valence-corrected chi connectivity index (χ3v) is 3.15. The maximum Gasteiger partial charge on any atom is 0.303 e. The van der Waals surface area contributed by atoms with Gasteiger partial charge in [0.1, 0.15) is 11.5 Å². The fourth-order valence-corrected chi connectivity index (χ4v) is 1.95. The first-order valence-corrected chi connectivity index (χ1v) is 9.21. The summed E-state index contributed by atoms with van der Waals surface area (Å²) in [5.41, 5.74) is 2.09. The minimum Gasteiger partial charge on any atom is -0.508 e. The van der Waals surface area contributed by atoms with Crippen molar-refractivity contribution in [2.75, 3.05) is 19.5 Å². The molecule has 0 aliphatic rings. The molecule has 26 heavy (non-hydrogen) atoms. The number of aromatic hydroxyl groups is 1. The van der Waals surface area contributed by atoms with Gasteiger partial charge < -0.3 is 20.1 Å². The van der Waals surface area contributed by atoms with Crippen LogP contribution in [-0.2, 0) is 17.6 Å². The number of aliphatic hydroxyl groups is 1. The number of carboxylic acids is 1. The number of ether oxygens (including phenoxy) is 1. The molecule has 0 saturated heterocycles. The van der Waals surface area contributed by atoms with Crippen LogP contribution in [0.15, 0.2) is 48.5 Å². The standard InChI is InChI=1S/C17H18O4.C2H6O.CH4S/c18-15-6-1-14(2-7-15)11-12-21-16-8-3-13(4-9-16)5-10-17(19)20;1-2-3;1-2/h1-4,6-9,18H,5,10-12H2,(H,19,20);3H,2H2,1H3;2H,1H3. The summed E-state index contributed by atoms with van der Waals surface area (Å²) < 4.78 is 5.64. The zero-order valence-corrected chi connectivity index (χ0v) is 16.2. The van der Waals surface area contributed by atoms with Gasteiger partial charge in [0.2, 0.25) is 0 Å². The molecule has 0 bridgehead atoms. The molecule has 0 aliphatic carbocycles. The molecule has 0 aromatic heterocycles. The van der Waals surface area contributed by atoms with E-state index in [1.165, 1.54) is 0 Å². The zero-order valence-electron chi connectivity index (χ0n) is 15.3. The smallest absolute Gasteiger partial charge is 0.303 e. The van der Waals surface area contributed by atoms with Gasteiger partial charge >= 0.3 is 5.97 Å². The summed E-state index contributed by atoms with van der Waals surface area (Å²) >= 11 is 3.53. The minimum atomic E-state index is -0.788. The number of aliphatic carboxylic acids is 1. The van der Waals surface area contributed by atoms with Crippen LogP contribution in [0.5, 0.6) is 11.5 Å². The Kier molecular flexibility index (Phi) is 13.8. The van der Waals surface area contributed by atoms with Crippen LogP contribution >= 0.6 is 12.6 Å². The average Bonchev–Trinajstić information content (AvgIpc) is 2.65. The van der Waals surface area contributed by atoms with Crippen LogP contribution < -0.4 is 4.74 Å². The van der Waals surface area contributed by atoms with Crippen molar-refractivity contribution in [1.29, 1.82) is 0 Å². The number of benzene rings is 2. The first kappa shape index (κ1) is 23.8. The van der Waals surface area contributed by atoms with E-state index in [0.717, 1.165) is 23.3 Å². The van der Waals surface area contributed by atoms with Gasteiger partial charge in [0, 0.05) is 19.4 Å². The molecule has 0 amide bonds. The molecule has 0 heterocycles. The van der Waals surface area contributed by atoms with Gasteiger partial charge in [-0.2, -0.15) is 12.6 Å². The number of phenolic OH excluding ortho intramolecular Hbond substituents is 1. The van der Waals surface area contributed by atoms with E-state index < -0.39 is 5.97 Å². The number of hydrogen-bond acceptors (Lipinski definition) is 5. The molecule has 5 nitrogen and oxygen atoms in total. The Morgan fingerprint density at radius 2 is 1.42 bits per heavy atom. The number of aliphatic hydroxyl groups excluding tert-OH is 1. The number of carboxylic acid groups (broad SMARTS) is 1. The SMILES string of the molecule is CCO.CS.O=C(O)CCc1ccc(OCCc2ccc(O)cc2)cc1. The molecular formula is C20H28O5S. The van der Waals surface area contributed by atoms with E-state index in [4.69, 9.17) is 14.9 Å². The van der Waals surface area contributed by atoms with E-state index in [0.29, 0.717) is 13.0 Å². The summed E-state index contributed by atoms with van der Waals surface area (Å²) in [6.07, 6.45) is 3.13. The third-order valence-electron chi connectivity index (χ3n) is 3.15. The van der Waals surface area contributed by atoms with Gasteiger partial charge in [0.05, 0.1) is 6.61 Å². The number of hydrogen-bond donors (Lipinski definition) is 4. The molecule has 0 aliphatic heterocycles. The Bertz CT molecular complexity index is 597. The average molecular weight is 381 g/mol. The number of carbonyl (C=O) groups is 1. The highest BCUT2D eigenvalue weighted by atomic mass is 32.1. The van der Waals surface area contributed by atoms with E-state index in [1.807, 2.05) is 36.4 Å². The molecule has 2 aromatic carbocycles. The van der Waals surface area contributed by atoms with Crippen LogP contribution in [-0.4, -0.2) is 40.8 Å². The molecule has 6 heteroatoms. The summed E-state index contributed by atoms with van der Waals surface area (Å²) in [6, 6.07) is 14.5. The lowest BCUT2D eigenvalue weighted by Gasteiger charge is -2.07. The normalized spacial score (nSPS) is 9.23. The Labute approximate surface area is 160 Å². The first-order chi connectivity index (χ1) is 12.5. The monoisotopic (exact) mass is 380 g/mol. The van der Waals surface area contributed by atoms with Crippen molar-refractivity contribution >= 4 is 18.6 Å². The fraction of sp³-hybridized carbons (Fsp3) is 0.350. The lowest BCUT2D eigenvalue weighted by Crippen LogP contribution is -2.01. The van der Waals surface area contributed by atoms with Gasteiger partial charge in [-0.1, -0.05) is 24.3 Å². The van der Waals surface area contributed by atoms with Gasteiger partial charge in [0.15, 0.2) is 0 Å². The summed E-state index contributed by atoms with van der Waals surface area (Å²) in [6.45, 7) is 2.49. The highest BCUT2D eigenvalue weighted by Gasteiger charge is 2.00. The Hall–Kier alpha value is -2.18. The van der Waals surface area contributed by atoms with Crippen molar-refractivity contribution in [1.82, 2.24) is 0 Å². The van der Waals surface area contributed by atoms with Gasteiger partial charge in [-0.3, -0.25) is 4.79 Å². The second-order valence-electron chi connectivity index (χ2n) is 5.12. The number of thiol groups is 1. The van der Waals surface area contributed by atoms with E-state index >= 15 is 0 Å². The van der Waals surface area contributed by atoms with E-state index in [1.54, 1.807) is 25.3 Å². The molecule has 0 atom stereocenters. The van der Waals surface area contributed by atoms with Crippen LogP contribution in [0, 0.1) is 0 Å². The first-order valence-electron chi connectivity index (χ1n) is 8.32. The molecule has 2 rings (SSSR count). The largest absolute Gasteiger partial charge is 0.508 e. The lowest BCUT2D eigenvalue weighted by molar-refractivity contribution is -0.136. The fourth-order valence-electron chi connectivity index (χ4n) is 1.95. The predicted molar refractivity (Wildman–Crippen MR) is 107 cm³/mol. The van der Waals surface area contributed by atoms with Crippen molar-refractivity contribution < 1.29 is 24.9 Å². The van der Waals surface area contributed by atoms with E-state index in [9.17, 15) is 9.90 Å². The molecule has 0 spiro atoms. The zero-order chi connectivity index (χ0) is 19.8. The lowest BCUT2D eigenvalue weighted by atomic mass is 10.1. The van der Waals surface area contributed by atoms with Crippen molar-refractivity contribution in [2.45, 2.75) is 26.2 Å². The predicted octanol–water partition coefficient (Wildman–Crippen LogP) is 3.58. The Morgan fingerprint density at radius 3 is 1.92 bits per heavy atom. The third kappa shape index (κ3) is 11.4. The van der Waals surface area contributed by atoms with Crippen LogP contribution in [0.1, 0.15) is 24.5 Å². The highest BCUT2D eigenvalue weighted by molar-refractivity contribution is 7.79. The molecule has 0 unspecified atom stereocenters. The van der Waals surface area contributed by atoms with Crippen molar-refractivity contribution in [3.05, 3.63) is 59.7 Å². The van der Waals surface area contributed by atoms with Gasteiger partial charge in [-0.25, -0.2) is 0 Å². The van der Waals surface area contributed by atoms with Crippen molar-refractivity contribution in [3.63, 3.8) is 0 Å². The maximum absolute atomic E-state index is 10.5. The molecule has 2 aromatic rings. The second kappa shape index (κ2) is 15.1. The Morgan fingerprint density at radius 1 is 0.962 bits per heavy atom. The molecule has 0 fully saturated rings. The maximum atomic E-state index is 10.5. The topological polar surface area (TPSA) is 87.0 Å². The summed E-state index contributed by atoms with van der Waals surface area (Å²) in [5.74, 6) is 0.244. The number of rotatable bonds is 7. The van der Waals surface area contributed by atoms with Crippen LogP contribution in [0.2, 0.25) is 0 Å². The molecular weight excluding hydrogens is 352 g/mol. The van der Waals surface area contributed by atoms with Gasteiger partial charge in [0.25, 0.3) is 0 Å². The van der Waals surface area contributed by atoms with Gasteiger partial charge in [-0.05, 0) is 55.0 Å². The van der Waals surface area contributed by atoms with Crippen molar-refractivity contribution in [2.24, 2.45) is 0 Å². The number of phenols is 1.